The van der Waals surface area contributed by atoms with E-state index in [0.29, 0.717) is 12.8 Å². The van der Waals surface area contributed by atoms with Gasteiger partial charge in [-0.15, -0.1) is 0 Å². The molecule has 0 fully saturated rings. The van der Waals surface area contributed by atoms with Crippen LogP contribution in [0.15, 0.2) is 0 Å². The Labute approximate surface area is 210 Å². The van der Waals surface area contributed by atoms with Crippen LogP contribution in [-0.2, 0) is 10.1 Å². The molecular weight excluding hydrogens is 407 g/mol. The van der Waals surface area contributed by atoms with Gasteiger partial charge in [-0.05, 0) is 25.7 Å². The minimum Gasteiger partial charge on any atom is -0.748 e. The average Bonchev–Trinajstić information content (AvgIpc) is 2.67. The van der Waals surface area contributed by atoms with Crippen molar-refractivity contribution in [2.45, 2.75) is 154 Å². The maximum atomic E-state index is 11.4. The zero-order valence-electron chi connectivity index (χ0n) is 20.4. The zero-order chi connectivity index (χ0) is 21.8. The Balaban J connectivity index is 0. The largest absolute Gasteiger partial charge is 1.00 e. The van der Waals surface area contributed by atoms with Gasteiger partial charge in [-0.3, -0.25) is 0 Å². The molecule has 0 amide bonds. The maximum Gasteiger partial charge on any atom is 1.00 e. The smallest absolute Gasteiger partial charge is 0.748 e. The number of aliphatic hydroxyl groups excluding tert-OH is 1. The monoisotopic (exact) mass is 456 g/mol. The van der Waals surface area contributed by atoms with Crippen molar-refractivity contribution in [3.05, 3.63) is 0 Å². The second-order valence-electron chi connectivity index (χ2n) is 8.87. The van der Waals surface area contributed by atoms with Crippen molar-refractivity contribution >= 4 is 10.1 Å². The molecule has 0 bridgehead atoms. The molecule has 0 saturated carbocycles. The van der Waals surface area contributed by atoms with E-state index in [1.807, 2.05) is 0 Å². The van der Waals surface area contributed by atoms with Crippen molar-refractivity contribution in [3.8, 4) is 0 Å². The molecule has 0 aromatic carbocycles. The van der Waals surface area contributed by atoms with Crippen LogP contribution in [0, 0.1) is 0 Å². The maximum absolute atomic E-state index is 11.4. The van der Waals surface area contributed by atoms with E-state index >= 15 is 0 Å². The average molecular weight is 457 g/mol. The van der Waals surface area contributed by atoms with Crippen molar-refractivity contribution in [2.75, 3.05) is 0 Å². The van der Waals surface area contributed by atoms with Gasteiger partial charge in [0.2, 0.25) is 0 Å². The van der Waals surface area contributed by atoms with E-state index in [4.69, 9.17) is 0 Å². The molecule has 0 aliphatic heterocycles. The van der Waals surface area contributed by atoms with Gasteiger partial charge in [-0.1, -0.05) is 117 Å². The summed E-state index contributed by atoms with van der Waals surface area (Å²) in [5.41, 5.74) is 0. The number of rotatable bonds is 22. The first-order valence-corrected chi connectivity index (χ1v) is 14.0. The van der Waals surface area contributed by atoms with Crippen LogP contribution < -0.4 is 29.6 Å². The molecule has 2 unspecified atom stereocenters. The number of aliphatic hydroxyl groups is 1. The van der Waals surface area contributed by atoms with Crippen molar-refractivity contribution in [3.63, 3.8) is 0 Å². The van der Waals surface area contributed by atoms with Crippen LogP contribution >= 0.6 is 0 Å². The van der Waals surface area contributed by atoms with Gasteiger partial charge in [-0.25, -0.2) is 8.42 Å². The fourth-order valence-corrected chi connectivity index (χ4v) is 4.91. The van der Waals surface area contributed by atoms with Gasteiger partial charge < -0.3 is 9.66 Å². The molecule has 1 N–H and O–H groups in total. The number of hydrogen-bond acceptors (Lipinski definition) is 4. The molecule has 4 nitrogen and oxygen atoms in total. The number of hydrogen-bond donors (Lipinski definition) is 1. The van der Waals surface area contributed by atoms with Gasteiger partial charge in [0.15, 0.2) is 0 Å². The summed E-state index contributed by atoms with van der Waals surface area (Å²) < 4.78 is 34.3. The molecule has 30 heavy (non-hydrogen) atoms. The fourth-order valence-electron chi connectivity index (χ4n) is 4.00. The molecule has 0 rings (SSSR count). The molecule has 0 radical (unpaired) electrons. The SMILES string of the molecule is CCCCCCCCCCCCC(O)CCCCC(CCCCCC)S(=O)(=O)[O-].[Na+]. The van der Waals surface area contributed by atoms with Gasteiger partial charge in [0, 0.05) is 5.25 Å². The Bertz CT molecular complexity index is 442. The van der Waals surface area contributed by atoms with Crippen molar-refractivity contribution in [2.24, 2.45) is 0 Å². The van der Waals surface area contributed by atoms with Gasteiger partial charge >= 0.3 is 29.6 Å². The van der Waals surface area contributed by atoms with Crippen LogP contribution in [0.3, 0.4) is 0 Å². The Morgan fingerprint density at radius 1 is 0.600 bits per heavy atom. The predicted molar refractivity (Wildman–Crippen MR) is 123 cm³/mol. The summed E-state index contributed by atoms with van der Waals surface area (Å²) in [5.74, 6) is 0. The van der Waals surface area contributed by atoms with Gasteiger partial charge in [-0.2, -0.15) is 0 Å². The Kier molecular flexibility index (Phi) is 25.4. The van der Waals surface area contributed by atoms with Crippen LogP contribution in [0.25, 0.3) is 0 Å². The summed E-state index contributed by atoms with van der Waals surface area (Å²) in [6, 6.07) is 0. The summed E-state index contributed by atoms with van der Waals surface area (Å²) in [7, 11) is -4.20. The Morgan fingerprint density at radius 2 is 0.900 bits per heavy atom. The molecule has 176 valence electrons. The molecule has 0 aromatic heterocycles. The van der Waals surface area contributed by atoms with E-state index in [1.54, 1.807) is 0 Å². The normalized spacial score (nSPS) is 13.7. The topological polar surface area (TPSA) is 77.4 Å². The summed E-state index contributed by atoms with van der Waals surface area (Å²) in [5, 5.41) is 9.38. The quantitative estimate of drug-likeness (QED) is 0.151. The second-order valence-corrected chi connectivity index (χ2v) is 10.5. The second kappa shape index (κ2) is 23.0. The molecule has 0 heterocycles. The minimum atomic E-state index is -4.20. The van der Waals surface area contributed by atoms with E-state index in [9.17, 15) is 18.1 Å². The van der Waals surface area contributed by atoms with Crippen LogP contribution in [0.5, 0.6) is 0 Å². The van der Waals surface area contributed by atoms with E-state index in [1.165, 1.54) is 57.8 Å². The first kappa shape index (κ1) is 33.0. The van der Waals surface area contributed by atoms with Gasteiger partial charge in [0.25, 0.3) is 0 Å². The summed E-state index contributed by atoms with van der Waals surface area (Å²) in [4.78, 5) is 0. The van der Waals surface area contributed by atoms with E-state index in [2.05, 4.69) is 13.8 Å². The first-order valence-electron chi connectivity index (χ1n) is 12.5. The molecule has 0 aliphatic rings. The van der Waals surface area contributed by atoms with Crippen LogP contribution in [0.4, 0.5) is 0 Å². The Hall–Kier alpha value is 0.870. The zero-order valence-corrected chi connectivity index (χ0v) is 23.2. The van der Waals surface area contributed by atoms with Crippen molar-refractivity contribution < 1.29 is 47.6 Å². The van der Waals surface area contributed by atoms with Crippen molar-refractivity contribution in [1.29, 1.82) is 0 Å². The number of unbranched alkanes of at least 4 members (excludes halogenated alkanes) is 13. The van der Waals surface area contributed by atoms with Crippen LogP contribution in [-0.4, -0.2) is 29.4 Å². The summed E-state index contributed by atoms with van der Waals surface area (Å²) in [6.07, 6.45) is 20.7. The fraction of sp³-hybridized carbons (Fsp3) is 1.00. The van der Waals surface area contributed by atoms with Crippen molar-refractivity contribution in [1.82, 2.24) is 0 Å². The molecular formula is C24H49NaO4S. The van der Waals surface area contributed by atoms with Gasteiger partial charge in [0.05, 0.1) is 16.2 Å². The third-order valence-electron chi connectivity index (χ3n) is 5.99. The third-order valence-corrected chi connectivity index (χ3v) is 7.28. The molecule has 6 heteroatoms. The van der Waals surface area contributed by atoms with E-state index in [0.717, 1.165) is 57.8 Å². The molecule has 0 aliphatic carbocycles. The van der Waals surface area contributed by atoms with Gasteiger partial charge in [0.1, 0.15) is 0 Å². The standard InChI is InChI=1S/C24H50O4S.Na/c1-3-5-7-9-10-11-12-13-14-15-19-23(25)20-17-18-22-24(29(26,27)28)21-16-8-6-4-2;/h23-25H,3-22H2,1-2H3,(H,26,27,28);/q;+1/p-1. The molecule has 0 spiro atoms. The predicted octanol–water partition coefficient (Wildman–Crippen LogP) is 4.11. The summed E-state index contributed by atoms with van der Waals surface area (Å²) >= 11 is 0. The Morgan fingerprint density at radius 3 is 1.33 bits per heavy atom. The van der Waals surface area contributed by atoms with Crippen LogP contribution in [0.1, 0.15) is 142 Å². The third kappa shape index (κ3) is 22.1. The molecule has 0 saturated heterocycles. The first-order chi connectivity index (χ1) is 13.9. The van der Waals surface area contributed by atoms with Crippen LogP contribution in [0.2, 0.25) is 0 Å². The van der Waals surface area contributed by atoms with E-state index < -0.39 is 15.4 Å². The molecule has 0 aromatic rings. The summed E-state index contributed by atoms with van der Waals surface area (Å²) in [6.45, 7) is 4.36. The molecule has 2 atom stereocenters. The van der Waals surface area contributed by atoms with E-state index in [-0.39, 0.29) is 35.7 Å². The minimum absolute atomic E-state index is 0.